The first-order valence-electron chi connectivity index (χ1n) is 8.04. The number of anilines is 1. The lowest BCUT2D eigenvalue weighted by molar-refractivity contribution is 0.0954. The summed E-state index contributed by atoms with van der Waals surface area (Å²) < 4.78 is 5.46. The van der Waals surface area contributed by atoms with E-state index >= 15 is 0 Å². The summed E-state index contributed by atoms with van der Waals surface area (Å²) >= 11 is 0. The van der Waals surface area contributed by atoms with E-state index in [9.17, 15) is 9.59 Å². The Hall–Kier alpha value is -2.82. The van der Waals surface area contributed by atoms with E-state index in [1.165, 1.54) is 0 Å². The molecule has 1 heterocycles. The second-order valence-electron chi connectivity index (χ2n) is 5.76. The molecule has 0 radical (unpaired) electrons. The molecule has 0 bridgehead atoms. The number of hydrogen-bond acceptors (Lipinski definition) is 3. The van der Waals surface area contributed by atoms with Crippen molar-refractivity contribution in [3.63, 3.8) is 0 Å². The molecule has 0 unspecified atom stereocenters. The van der Waals surface area contributed by atoms with Gasteiger partial charge in [-0.15, -0.1) is 0 Å². The van der Waals surface area contributed by atoms with Gasteiger partial charge >= 0.3 is 0 Å². The van der Waals surface area contributed by atoms with Gasteiger partial charge in [-0.05, 0) is 55.3 Å². The number of carbonyl (C=O) groups excluding carboxylic acids is 2. The fourth-order valence-corrected chi connectivity index (χ4v) is 2.68. The van der Waals surface area contributed by atoms with Gasteiger partial charge in [0, 0.05) is 29.8 Å². The van der Waals surface area contributed by atoms with Gasteiger partial charge in [0.1, 0.15) is 5.75 Å². The molecular formula is C19H20N2O3. The van der Waals surface area contributed by atoms with Crippen LogP contribution in [0.2, 0.25) is 0 Å². The molecule has 2 N–H and O–H groups in total. The van der Waals surface area contributed by atoms with Gasteiger partial charge < -0.3 is 15.4 Å². The van der Waals surface area contributed by atoms with Crippen molar-refractivity contribution >= 4 is 17.5 Å². The maximum absolute atomic E-state index is 12.5. The summed E-state index contributed by atoms with van der Waals surface area (Å²) in [6.45, 7) is 4.99. The third-order valence-corrected chi connectivity index (χ3v) is 4.04. The monoisotopic (exact) mass is 324 g/mol. The second kappa shape index (κ2) is 6.74. The number of nitrogens with one attached hydrogen (secondary N) is 2. The van der Waals surface area contributed by atoms with Crippen LogP contribution in [0.15, 0.2) is 36.4 Å². The van der Waals surface area contributed by atoms with Crippen molar-refractivity contribution in [2.75, 3.05) is 18.5 Å². The lowest BCUT2D eigenvalue weighted by atomic mass is 10.1. The van der Waals surface area contributed by atoms with Crippen molar-refractivity contribution in [3.05, 3.63) is 58.7 Å². The summed E-state index contributed by atoms with van der Waals surface area (Å²) in [5.41, 5.74) is 3.71. The van der Waals surface area contributed by atoms with Gasteiger partial charge in [0.15, 0.2) is 0 Å². The van der Waals surface area contributed by atoms with Gasteiger partial charge in [-0.2, -0.15) is 0 Å². The van der Waals surface area contributed by atoms with Crippen molar-refractivity contribution < 1.29 is 14.3 Å². The Kier molecular flexibility index (Phi) is 4.51. The highest BCUT2D eigenvalue weighted by Crippen LogP contribution is 2.26. The Bertz CT molecular complexity index is 799. The van der Waals surface area contributed by atoms with Gasteiger partial charge in [-0.25, -0.2) is 0 Å². The predicted molar refractivity (Wildman–Crippen MR) is 92.8 cm³/mol. The van der Waals surface area contributed by atoms with Crippen LogP contribution in [0.3, 0.4) is 0 Å². The minimum Gasteiger partial charge on any atom is -0.493 e. The molecule has 5 heteroatoms. The third kappa shape index (κ3) is 3.25. The smallest absolute Gasteiger partial charge is 0.255 e. The fourth-order valence-electron chi connectivity index (χ4n) is 2.68. The Morgan fingerprint density at radius 2 is 1.83 bits per heavy atom. The van der Waals surface area contributed by atoms with Gasteiger partial charge in [0.2, 0.25) is 0 Å². The van der Waals surface area contributed by atoms with E-state index < -0.39 is 0 Å². The number of amides is 2. The molecule has 0 fully saturated rings. The van der Waals surface area contributed by atoms with E-state index in [0.29, 0.717) is 30.0 Å². The average Bonchev–Trinajstić information content (AvgIpc) is 3.04. The fraction of sp³-hybridized carbons (Fsp3) is 0.263. The quantitative estimate of drug-likeness (QED) is 0.908. The number of ether oxygens (including phenoxy) is 1. The first-order chi connectivity index (χ1) is 11.6. The summed E-state index contributed by atoms with van der Waals surface area (Å²) in [5.74, 6) is 0.504. The molecule has 24 heavy (non-hydrogen) atoms. The van der Waals surface area contributed by atoms with Crippen LogP contribution in [0.1, 0.15) is 38.8 Å². The molecule has 1 aliphatic heterocycles. The van der Waals surface area contributed by atoms with Crippen LogP contribution in [-0.2, 0) is 6.42 Å². The molecule has 2 amide bonds. The zero-order valence-electron chi connectivity index (χ0n) is 13.8. The van der Waals surface area contributed by atoms with Gasteiger partial charge in [0.25, 0.3) is 11.8 Å². The lowest BCUT2D eigenvalue weighted by Gasteiger charge is -2.11. The SMILES string of the molecule is CCNC(=O)c1ccc(C)c(NC(=O)c2ccc3c(c2)CCO3)c1. The number of rotatable bonds is 4. The Labute approximate surface area is 141 Å². The van der Waals surface area contributed by atoms with Crippen LogP contribution in [0.25, 0.3) is 0 Å². The highest BCUT2D eigenvalue weighted by molar-refractivity contribution is 6.05. The van der Waals surface area contributed by atoms with Crippen molar-refractivity contribution in [2.24, 2.45) is 0 Å². The summed E-state index contributed by atoms with van der Waals surface area (Å²) in [6, 6.07) is 10.7. The van der Waals surface area contributed by atoms with Crippen LogP contribution in [0.5, 0.6) is 5.75 Å². The first-order valence-corrected chi connectivity index (χ1v) is 8.04. The normalized spacial score (nSPS) is 12.2. The molecule has 0 saturated heterocycles. The van der Waals surface area contributed by atoms with E-state index in [2.05, 4.69) is 10.6 Å². The molecule has 0 atom stereocenters. The lowest BCUT2D eigenvalue weighted by Crippen LogP contribution is -2.23. The third-order valence-electron chi connectivity index (χ3n) is 4.04. The largest absolute Gasteiger partial charge is 0.493 e. The topological polar surface area (TPSA) is 67.4 Å². The maximum Gasteiger partial charge on any atom is 0.255 e. The summed E-state index contributed by atoms with van der Waals surface area (Å²) in [7, 11) is 0. The van der Waals surface area contributed by atoms with E-state index in [4.69, 9.17) is 4.74 Å². The van der Waals surface area contributed by atoms with E-state index in [1.54, 1.807) is 18.2 Å². The summed E-state index contributed by atoms with van der Waals surface area (Å²) in [4.78, 5) is 24.5. The molecule has 2 aromatic rings. The van der Waals surface area contributed by atoms with Gasteiger partial charge in [-0.1, -0.05) is 6.07 Å². The first kappa shape index (κ1) is 16.1. The minimum absolute atomic E-state index is 0.150. The average molecular weight is 324 g/mol. The van der Waals surface area contributed by atoms with E-state index in [0.717, 1.165) is 23.3 Å². The minimum atomic E-state index is -0.194. The Morgan fingerprint density at radius 1 is 1.08 bits per heavy atom. The Morgan fingerprint density at radius 3 is 2.62 bits per heavy atom. The van der Waals surface area contributed by atoms with E-state index in [-0.39, 0.29) is 11.8 Å². The van der Waals surface area contributed by atoms with Crippen LogP contribution in [0, 0.1) is 6.92 Å². The number of benzene rings is 2. The van der Waals surface area contributed by atoms with Crippen LogP contribution in [0.4, 0.5) is 5.69 Å². The van der Waals surface area contributed by atoms with Crippen LogP contribution < -0.4 is 15.4 Å². The molecule has 0 aromatic heterocycles. The van der Waals surface area contributed by atoms with Gasteiger partial charge in [0.05, 0.1) is 6.61 Å². The number of hydrogen-bond donors (Lipinski definition) is 2. The predicted octanol–water partition coefficient (Wildman–Crippen LogP) is 2.93. The molecule has 0 aliphatic carbocycles. The molecule has 124 valence electrons. The zero-order valence-corrected chi connectivity index (χ0v) is 13.8. The number of aryl methyl sites for hydroxylation is 1. The van der Waals surface area contributed by atoms with Crippen molar-refractivity contribution in [3.8, 4) is 5.75 Å². The maximum atomic E-state index is 12.5. The zero-order chi connectivity index (χ0) is 17.1. The van der Waals surface area contributed by atoms with Crippen molar-refractivity contribution in [1.82, 2.24) is 5.32 Å². The molecule has 0 spiro atoms. The van der Waals surface area contributed by atoms with Crippen molar-refractivity contribution in [2.45, 2.75) is 20.3 Å². The summed E-state index contributed by atoms with van der Waals surface area (Å²) in [6.07, 6.45) is 0.822. The van der Waals surface area contributed by atoms with Crippen LogP contribution in [-0.4, -0.2) is 25.0 Å². The highest BCUT2D eigenvalue weighted by Gasteiger charge is 2.16. The van der Waals surface area contributed by atoms with Crippen molar-refractivity contribution in [1.29, 1.82) is 0 Å². The number of carbonyl (C=O) groups is 2. The number of fused-ring (bicyclic) bond motifs is 1. The molecule has 5 nitrogen and oxygen atoms in total. The molecule has 3 rings (SSSR count). The molecular weight excluding hydrogens is 304 g/mol. The molecule has 2 aromatic carbocycles. The second-order valence-corrected chi connectivity index (χ2v) is 5.76. The standard InChI is InChI=1S/C19H20N2O3/c1-3-20-18(22)15-5-4-12(2)16(11-15)21-19(23)14-6-7-17-13(10-14)8-9-24-17/h4-7,10-11H,3,8-9H2,1-2H3,(H,20,22)(H,21,23). The molecule has 0 saturated carbocycles. The Balaban J connectivity index is 1.81. The van der Waals surface area contributed by atoms with Gasteiger partial charge in [-0.3, -0.25) is 9.59 Å². The van der Waals surface area contributed by atoms with E-state index in [1.807, 2.05) is 32.0 Å². The summed E-state index contributed by atoms with van der Waals surface area (Å²) in [5, 5.41) is 5.65. The van der Waals surface area contributed by atoms with Crippen LogP contribution >= 0.6 is 0 Å². The molecule has 1 aliphatic rings. The highest BCUT2D eigenvalue weighted by atomic mass is 16.5.